The minimum atomic E-state index is -0.417. The Labute approximate surface area is 97.0 Å². The fourth-order valence-electron chi connectivity index (χ4n) is 1.40. The predicted octanol–water partition coefficient (Wildman–Crippen LogP) is 2.64. The van der Waals surface area contributed by atoms with Gasteiger partial charge in [0, 0.05) is 23.1 Å². The monoisotopic (exact) mass is 240 g/mol. The van der Waals surface area contributed by atoms with E-state index in [1.807, 2.05) is 0 Å². The topological polar surface area (TPSA) is 52.0 Å². The highest BCUT2D eigenvalue weighted by Gasteiger charge is 2.10. The summed E-state index contributed by atoms with van der Waals surface area (Å²) in [5.41, 5.74) is 6.21. The highest BCUT2D eigenvalue weighted by Crippen LogP contribution is 2.24. The standard InChI is InChI=1S/C11H10ClFN2O/c12-7-1-2-9(10(13)5-7)11-6-8(3-4-14)16-15-11/h1-2,5-6H,3-4,14H2. The van der Waals surface area contributed by atoms with Gasteiger partial charge in [-0.2, -0.15) is 0 Å². The molecule has 0 unspecified atom stereocenters. The molecule has 2 rings (SSSR count). The van der Waals surface area contributed by atoms with Crippen molar-refractivity contribution in [3.05, 3.63) is 40.9 Å². The summed E-state index contributed by atoms with van der Waals surface area (Å²) < 4.78 is 18.6. The summed E-state index contributed by atoms with van der Waals surface area (Å²) in [6.45, 7) is 0.470. The van der Waals surface area contributed by atoms with Gasteiger partial charge < -0.3 is 10.3 Å². The van der Waals surface area contributed by atoms with Gasteiger partial charge in [0.15, 0.2) is 0 Å². The number of hydrogen-bond acceptors (Lipinski definition) is 3. The summed E-state index contributed by atoms with van der Waals surface area (Å²) in [6, 6.07) is 6.10. The van der Waals surface area contributed by atoms with Gasteiger partial charge in [-0.15, -0.1) is 0 Å². The third kappa shape index (κ3) is 2.23. The van der Waals surface area contributed by atoms with Crippen molar-refractivity contribution >= 4 is 11.6 Å². The molecule has 84 valence electrons. The molecule has 0 aliphatic rings. The minimum Gasteiger partial charge on any atom is -0.361 e. The van der Waals surface area contributed by atoms with Gasteiger partial charge in [0.05, 0.1) is 0 Å². The Morgan fingerprint density at radius 1 is 1.38 bits per heavy atom. The predicted molar refractivity (Wildman–Crippen MR) is 59.7 cm³/mol. The maximum Gasteiger partial charge on any atom is 0.138 e. The normalized spacial score (nSPS) is 10.7. The van der Waals surface area contributed by atoms with Crippen molar-refractivity contribution in [2.24, 2.45) is 5.73 Å². The Bertz CT molecular complexity index is 498. The summed E-state index contributed by atoms with van der Waals surface area (Å²) >= 11 is 5.66. The molecule has 1 heterocycles. The number of hydrogen-bond donors (Lipinski definition) is 1. The fourth-order valence-corrected chi connectivity index (χ4v) is 1.56. The van der Waals surface area contributed by atoms with E-state index in [2.05, 4.69) is 5.16 Å². The first-order valence-corrected chi connectivity index (χ1v) is 5.19. The highest BCUT2D eigenvalue weighted by atomic mass is 35.5. The molecule has 16 heavy (non-hydrogen) atoms. The summed E-state index contributed by atoms with van der Waals surface area (Å²) in [7, 11) is 0. The van der Waals surface area contributed by atoms with Gasteiger partial charge in [0.25, 0.3) is 0 Å². The number of halogens is 2. The second-order valence-corrected chi connectivity index (χ2v) is 3.78. The average molecular weight is 241 g/mol. The van der Waals surface area contributed by atoms with E-state index >= 15 is 0 Å². The first-order valence-electron chi connectivity index (χ1n) is 4.82. The van der Waals surface area contributed by atoms with Crippen LogP contribution < -0.4 is 5.73 Å². The van der Waals surface area contributed by atoms with E-state index in [0.29, 0.717) is 35.0 Å². The van der Waals surface area contributed by atoms with Gasteiger partial charge >= 0.3 is 0 Å². The number of nitrogens with zero attached hydrogens (tertiary/aromatic N) is 1. The molecule has 0 fully saturated rings. The zero-order valence-corrected chi connectivity index (χ0v) is 9.17. The van der Waals surface area contributed by atoms with Gasteiger partial charge in [-0.05, 0) is 24.7 Å². The average Bonchev–Trinajstić information content (AvgIpc) is 2.67. The second-order valence-electron chi connectivity index (χ2n) is 3.34. The molecule has 5 heteroatoms. The van der Waals surface area contributed by atoms with Crippen molar-refractivity contribution < 1.29 is 8.91 Å². The Kier molecular flexibility index (Phi) is 3.22. The lowest BCUT2D eigenvalue weighted by molar-refractivity contribution is 0.386. The first-order chi connectivity index (χ1) is 7.70. The number of nitrogens with two attached hydrogens (primary N) is 1. The minimum absolute atomic E-state index is 0.354. The molecule has 2 N–H and O–H groups in total. The quantitative estimate of drug-likeness (QED) is 0.897. The zero-order chi connectivity index (χ0) is 11.5. The lowest BCUT2D eigenvalue weighted by atomic mass is 10.1. The summed E-state index contributed by atoms with van der Waals surface area (Å²) in [5, 5.41) is 4.14. The molecule has 0 aliphatic carbocycles. The van der Waals surface area contributed by atoms with Gasteiger partial charge in [-0.25, -0.2) is 4.39 Å². The van der Waals surface area contributed by atoms with E-state index in [0.717, 1.165) is 0 Å². The van der Waals surface area contributed by atoms with Crippen LogP contribution in [0.15, 0.2) is 28.8 Å². The maximum absolute atomic E-state index is 13.5. The number of benzene rings is 1. The molecular weight excluding hydrogens is 231 g/mol. The molecule has 0 spiro atoms. The lowest BCUT2D eigenvalue weighted by Crippen LogP contribution is -2.01. The molecule has 0 saturated heterocycles. The van der Waals surface area contributed by atoms with Crippen molar-refractivity contribution in [2.45, 2.75) is 6.42 Å². The van der Waals surface area contributed by atoms with Crippen LogP contribution in [0.5, 0.6) is 0 Å². The Hall–Kier alpha value is -1.39. The molecule has 1 aromatic carbocycles. The first kappa shape index (κ1) is 11.1. The molecule has 0 atom stereocenters. The molecule has 0 saturated carbocycles. The Morgan fingerprint density at radius 3 is 2.88 bits per heavy atom. The Balaban J connectivity index is 2.35. The van der Waals surface area contributed by atoms with Crippen LogP contribution in [0.2, 0.25) is 5.02 Å². The number of rotatable bonds is 3. The van der Waals surface area contributed by atoms with Crippen LogP contribution in [0.4, 0.5) is 4.39 Å². The van der Waals surface area contributed by atoms with Gasteiger partial charge in [0.2, 0.25) is 0 Å². The third-order valence-corrected chi connectivity index (χ3v) is 2.39. The molecule has 1 aromatic heterocycles. The van der Waals surface area contributed by atoms with E-state index in [4.69, 9.17) is 21.9 Å². The molecule has 0 amide bonds. The zero-order valence-electron chi connectivity index (χ0n) is 8.41. The van der Waals surface area contributed by atoms with E-state index in [1.165, 1.54) is 6.07 Å². The fraction of sp³-hybridized carbons (Fsp3) is 0.182. The van der Waals surface area contributed by atoms with Gasteiger partial charge in [-0.3, -0.25) is 0 Å². The van der Waals surface area contributed by atoms with Crippen LogP contribution in [0.1, 0.15) is 5.76 Å². The largest absolute Gasteiger partial charge is 0.361 e. The van der Waals surface area contributed by atoms with E-state index in [-0.39, 0.29) is 0 Å². The smallest absolute Gasteiger partial charge is 0.138 e. The van der Waals surface area contributed by atoms with Gasteiger partial charge in [0.1, 0.15) is 17.3 Å². The molecule has 0 aliphatic heterocycles. The van der Waals surface area contributed by atoms with Crippen LogP contribution in [-0.2, 0) is 6.42 Å². The highest BCUT2D eigenvalue weighted by molar-refractivity contribution is 6.30. The molecule has 3 nitrogen and oxygen atoms in total. The van der Waals surface area contributed by atoms with Gasteiger partial charge in [-0.1, -0.05) is 16.8 Å². The van der Waals surface area contributed by atoms with E-state index in [1.54, 1.807) is 18.2 Å². The van der Waals surface area contributed by atoms with Crippen molar-refractivity contribution in [3.63, 3.8) is 0 Å². The lowest BCUT2D eigenvalue weighted by Gasteiger charge is -1.97. The summed E-state index contributed by atoms with van der Waals surface area (Å²) in [4.78, 5) is 0. The molecule has 0 radical (unpaired) electrons. The van der Waals surface area contributed by atoms with Crippen molar-refractivity contribution in [2.75, 3.05) is 6.54 Å². The van der Waals surface area contributed by atoms with Crippen LogP contribution in [-0.4, -0.2) is 11.7 Å². The Morgan fingerprint density at radius 2 is 2.19 bits per heavy atom. The van der Waals surface area contributed by atoms with Crippen LogP contribution in [0, 0.1) is 5.82 Å². The van der Waals surface area contributed by atoms with Crippen molar-refractivity contribution in [1.29, 1.82) is 0 Å². The van der Waals surface area contributed by atoms with E-state index < -0.39 is 5.82 Å². The molecular formula is C11H10ClFN2O. The van der Waals surface area contributed by atoms with Crippen LogP contribution in [0.25, 0.3) is 11.3 Å². The molecule has 0 bridgehead atoms. The van der Waals surface area contributed by atoms with E-state index in [9.17, 15) is 4.39 Å². The third-order valence-electron chi connectivity index (χ3n) is 2.16. The molecule has 2 aromatic rings. The van der Waals surface area contributed by atoms with Crippen molar-refractivity contribution in [3.8, 4) is 11.3 Å². The summed E-state index contributed by atoms with van der Waals surface area (Å²) in [6.07, 6.45) is 0.586. The van der Waals surface area contributed by atoms with Crippen LogP contribution >= 0.6 is 11.6 Å². The SMILES string of the molecule is NCCc1cc(-c2ccc(Cl)cc2F)no1. The van der Waals surface area contributed by atoms with Crippen molar-refractivity contribution in [1.82, 2.24) is 5.16 Å². The van der Waals surface area contributed by atoms with Crippen LogP contribution in [0.3, 0.4) is 0 Å². The summed E-state index contributed by atoms with van der Waals surface area (Å²) in [5.74, 6) is 0.229. The maximum atomic E-state index is 13.5. The second kappa shape index (κ2) is 4.63. The number of aromatic nitrogens is 1.